The van der Waals surface area contributed by atoms with Crippen LogP contribution < -0.4 is 0 Å². The average Bonchev–Trinajstić information content (AvgIpc) is 2.13. The number of phosphoric acid groups is 1. The number of carbonyl (C=O) groups is 1. The molecule has 0 fully saturated rings. The Bertz CT molecular complexity index is 303. The van der Waals surface area contributed by atoms with E-state index in [2.05, 4.69) is 4.52 Å². The minimum atomic E-state index is -4.79. The first-order chi connectivity index (χ1) is 6.75. The average molecular weight is 238 g/mol. The summed E-state index contributed by atoms with van der Waals surface area (Å²) in [5.74, 6) is 1.71. The molecule has 0 amide bonds. The van der Waals surface area contributed by atoms with Gasteiger partial charge in [0, 0.05) is 6.42 Å². The zero-order chi connectivity index (χ0) is 12.1. The highest BCUT2D eigenvalue weighted by Gasteiger charge is 2.36. The molecule has 0 heterocycles. The molecule has 0 aliphatic carbocycles. The molecule has 86 valence electrons. The van der Waals surface area contributed by atoms with Gasteiger partial charge in [-0.2, -0.15) is 0 Å². The van der Waals surface area contributed by atoms with Crippen LogP contribution in [0.5, 0.6) is 0 Å². The van der Waals surface area contributed by atoms with E-state index >= 15 is 0 Å². The van der Waals surface area contributed by atoms with E-state index in [9.17, 15) is 19.6 Å². The van der Waals surface area contributed by atoms with Gasteiger partial charge >= 0.3 is 7.82 Å². The first kappa shape index (κ1) is 14.3. The lowest BCUT2D eigenvalue weighted by Gasteiger charge is -2.26. The smallest absolute Gasteiger partial charge is 0.389 e. The van der Waals surface area contributed by atoms with Crippen molar-refractivity contribution in [2.45, 2.75) is 18.1 Å². The summed E-state index contributed by atoms with van der Waals surface area (Å²) in [4.78, 5) is 26.7. The molecular weight excluding hydrogens is 227 g/mol. The van der Waals surface area contributed by atoms with E-state index < -0.39 is 32.6 Å². The summed E-state index contributed by atoms with van der Waals surface area (Å²) < 4.78 is 14.3. The number of phosphoric ester groups is 1. The topological polar surface area (TPSA) is 124 Å². The number of carbonyl (C=O) groups excluding carboxylic acids is 1. The minimum Gasteiger partial charge on any atom is -0.389 e. The lowest BCUT2D eigenvalue weighted by Crippen LogP contribution is -2.45. The molecule has 4 N–H and O–H groups in total. The van der Waals surface area contributed by atoms with Crippen LogP contribution in [0.1, 0.15) is 6.42 Å². The molecule has 0 aromatic carbocycles. The summed E-state index contributed by atoms with van der Waals surface area (Å²) in [5.41, 5.74) is -2.30. The Morgan fingerprint density at radius 1 is 1.60 bits per heavy atom. The lowest BCUT2D eigenvalue weighted by atomic mass is 9.97. The molecule has 0 aliphatic heterocycles. The first-order valence-electron chi connectivity index (χ1n) is 3.77. The number of terminal acetylenes is 1. The SMILES string of the molecule is C#C[C@@](O)(COP(=O)(O)O)[C@H](O)CC=O. The molecule has 0 spiro atoms. The highest BCUT2D eigenvalue weighted by molar-refractivity contribution is 7.46. The molecule has 15 heavy (non-hydrogen) atoms. The number of hydrogen-bond acceptors (Lipinski definition) is 5. The van der Waals surface area contributed by atoms with Crippen LogP contribution in [-0.4, -0.2) is 44.6 Å². The van der Waals surface area contributed by atoms with Crippen LogP contribution in [0, 0.1) is 12.3 Å². The Kier molecular flexibility index (Phi) is 5.11. The van der Waals surface area contributed by atoms with Crippen LogP contribution in [0.3, 0.4) is 0 Å². The van der Waals surface area contributed by atoms with Gasteiger partial charge in [0.25, 0.3) is 0 Å². The maximum absolute atomic E-state index is 10.3. The van der Waals surface area contributed by atoms with E-state index in [0.29, 0.717) is 6.29 Å². The molecule has 7 nitrogen and oxygen atoms in total. The van der Waals surface area contributed by atoms with Crippen LogP contribution in [-0.2, 0) is 13.9 Å². The van der Waals surface area contributed by atoms with Crippen molar-refractivity contribution in [3.8, 4) is 12.3 Å². The molecule has 0 saturated carbocycles. The number of aliphatic hydroxyl groups is 2. The largest absolute Gasteiger partial charge is 0.469 e. The van der Waals surface area contributed by atoms with Gasteiger partial charge in [-0.15, -0.1) is 6.42 Å². The normalized spacial score (nSPS) is 17.5. The number of aliphatic hydroxyl groups excluding tert-OH is 1. The van der Waals surface area contributed by atoms with Crippen molar-refractivity contribution in [1.82, 2.24) is 0 Å². The third-order valence-electron chi connectivity index (χ3n) is 1.57. The van der Waals surface area contributed by atoms with Gasteiger partial charge in [0.05, 0.1) is 0 Å². The van der Waals surface area contributed by atoms with Crippen LogP contribution >= 0.6 is 7.82 Å². The van der Waals surface area contributed by atoms with E-state index in [0.717, 1.165) is 0 Å². The van der Waals surface area contributed by atoms with E-state index in [1.807, 2.05) is 0 Å². The fraction of sp³-hybridized carbons (Fsp3) is 0.571. The second kappa shape index (κ2) is 5.37. The highest BCUT2D eigenvalue weighted by atomic mass is 31.2. The molecule has 2 atom stereocenters. The first-order valence-corrected chi connectivity index (χ1v) is 5.30. The third kappa shape index (κ3) is 5.04. The molecule has 0 rings (SSSR count). The van der Waals surface area contributed by atoms with Crippen LogP contribution in [0.15, 0.2) is 0 Å². The van der Waals surface area contributed by atoms with Crippen molar-refractivity contribution in [2.24, 2.45) is 0 Å². The van der Waals surface area contributed by atoms with Gasteiger partial charge < -0.3 is 24.8 Å². The summed E-state index contributed by atoms with van der Waals surface area (Å²) in [6.07, 6.45) is 3.05. The summed E-state index contributed by atoms with van der Waals surface area (Å²) in [6.45, 7) is -0.969. The van der Waals surface area contributed by atoms with Crippen molar-refractivity contribution in [3.63, 3.8) is 0 Å². The number of hydrogen-bond donors (Lipinski definition) is 4. The van der Waals surface area contributed by atoms with Crippen molar-refractivity contribution in [1.29, 1.82) is 0 Å². The van der Waals surface area contributed by atoms with E-state index in [-0.39, 0.29) is 0 Å². The highest BCUT2D eigenvalue weighted by Crippen LogP contribution is 2.37. The number of aldehydes is 1. The Hall–Kier alpha value is -0.740. The van der Waals surface area contributed by atoms with E-state index in [1.54, 1.807) is 5.92 Å². The minimum absolute atomic E-state index is 0.310. The standard InChI is InChI=1S/C7H11O7P/c1-2-7(10,6(9)3-4-8)5-14-15(11,12)13/h1,4,6,9-10H,3,5H2,(H2,11,12,13)/t6-,7-/m1/s1. The number of rotatable bonds is 6. The molecule has 0 radical (unpaired) electrons. The fourth-order valence-corrected chi connectivity index (χ4v) is 1.07. The van der Waals surface area contributed by atoms with Gasteiger partial charge in [-0.1, -0.05) is 5.92 Å². The van der Waals surface area contributed by atoms with Gasteiger partial charge in [-0.05, 0) is 0 Å². The molecule has 0 saturated heterocycles. The predicted molar refractivity (Wildman–Crippen MR) is 48.5 cm³/mol. The zero-order valence-electron chi connectivity index (χ0n) is 7.61. The molecule has 8 heteroatoms. The molecule has 0 unspecified atom stereocenters. The summed E-state index contributed by atoms with van der Waals surface area (Å²) >= 11 is 0. The van der Waals surface area contributed by atoms with E-state index in [1.165, 1.54) is 0 Å². The van der Waals surface area contributed by atoms with Crippen molar-refractivity contribution < 1.29 is 33.9 Å². The monoisotopic (exact) mass is 238 g/mol. The van der Waals surface area contributed by atoms with Crippen LogP contribution in [0.4, 0.5) is 0 Å². The summed E-state index contributed by atoms with van der Waals surface area (Å²) in [5, 5.41) is 18.7. The molecule has 0 aromatic heterocycles. The van der Waals surface area contributed by atoms with Crippen LogP contribution in [0.25, 0.3) is 0 Å². The van der Waals surface area contributed by atoms with Gasteiger partial charge in [-0.25, -0.2) is 4.57 Å². The molecule has 0 aromatic rings. The predicted octanol–water partition coefficient (Wildman–Crippen LogP) is -1.59. The summed E-state index contributed by atoms with van der Waals surface area (Å²) in [7, 11) is -4.79. The van der Waals surface area contributed by atoms with Crippen molar-refractivity contribution in [3.05, 3.63) is 0 Å². The van der Waals surface area contributed by atoms with E-state index in [4.69, 9.17) is 16.2 Å². The third-order valence-corrected chi connectivity index (χ3v) is 2.04. The van der Waals surface area contributed by atoms with Gasteiger partial charge in [0.2, 0.25) is 0 Å². The Balaban J connectivity index is 4.52. The fourth-order valence-electron chi connectivity index (χ4n) is 0.703. The van der Waals surface area contributed by atoms with Crippen molar-refractivity contribution in [2.75, 3.05) is 6.61 Å². The summed E-state index contributed by atoms with van der Waals surface area (Å²) in [6, 6.07) is 0. The zero-order valence-corrected chi connectivity index (χ0v) is 8.50. The second-order valence-corrected chi connectivity index (χ2v) is 3.99. The van der Waals surface area contributed by atoms with Crippen LogP contribution in [0.2, 0.25) is 0 Å². The van der Waals surface area contributed by atoms with Gasteiger partial charge in [-0.3, -0.25) is 4.52 Å². The van der Waals surface area contributed by atoms with Gasteiger partial charge in [0.1, 0.15) is 19.0 Å². The maximum Gasteiger partial charge on any atom is 0.469 e. The Morgan fingerprint density at radius 3 is 2.47 bits per heavy atom. The quantitative estimate of drug-likeness (QED) is 0.250. The second-order valence-electron chi connectivity index (χ2n) is 2.75. The Labute approximate surface area is 85.9 Å². The maximum atomic E-state index is 10.3. The molecular formula is C7H11O7P. The molecule has 0 aliphatic rings. The van der Waals surface area contributed by atoms with Gasteiger partial charge in [0.15, 0.2) is 5.60 Å². The molecule has 0 bridgehead atoms. The van der Waals surface area contributed by atoms with Crippen molar-refractivity contribution >= 4 is 14.1 Å². The Morgan fingerprint density at radius 2 is 2.13 bits per heavy atom. The lowest BCUT2D eigenvalue weighted by molar-refractivity contribution is -0.115.